The van der Waals surface area contributed by atoms with Gasteiger partial charge in [0, 0.05) is 25.8 Å². The van der Waals surface area contributed by atoms with Gasteiger partial charge in [-0.25, -0.2) is 0 Å². The normalized spacial score (nSPS) is 11.5. The quantitative estimate of drug-likeness (QED) is 0.771. The Morgan fingerprint density at radius 3 is 2.19 bits per heavy atom. The summed E-state index contributed by atoms with van der Waals surface area (Å²) in [4.78, 5) is 25.4. The van der Waals surface area contributed by atoms with Gasteiger partial charge in [0.2, 0.25) is 5.91 Å². The minimum absolute atomic E-state index is 0.206. The van der Waals surface area contributed by atoms with Crippen molar-refractivity contribution in [2.24, 2.45) is 0 Å². The Kier molecular flexibility index (Phi) is 5.40. The first-order valence-corrected chi connectivity index (χ1v) is 6.35. The second kappa shape index (κ2) is 6.83. The van der Waals surface area contributed by atoms with Crippen LogP contribution in [0, 0.1) is 0 Å². The number of likely N-dealkylation sites (N-methyl/N-ethyl adjacent to an activating group) is 1. The van der Waals surface area contributed by atoms with Gasteiger partial charge in [0.1, 0.15) is 6.04 Å². The number of rotatable bonds is 5. The van der Waals surface area contributed by atoms with Gasteiger partial charge in [-0.15, -0.1) is 0 Å². The first-order valence-electron chi connectivity index (χ1n) is 6.35. The highest BCUT2D eigenvalue weighted by Crippen LogP contribution is 2.31. The lowest BCUT2D eigenvalue weighted by Crippen LogP contribution is -2.44. The van der Waals surface area contributed by atoms with Crippen LogP contribution in [0.4, 0.5) is 5.69 Å². The Morgan fingerprint density at radius 2 is 1.71 bits per heavy atom. The van der Waals surface area contributed by atoms with Crippen LogP contribution in [0.1, 0.15) is 17.3 Å². The van der Waals surface area contributed by atoms with Crippen molar-refractivity contribution in [1.82, 2.24) is 10.2 Å². The fourth-order valence-electron chi connectivity index (χ4n) is 1.81. The maximum Gasteiger partial charge on any atom is 0.254 e. The summed E-state index contributed by atoms with van der Waals surface area (Å²) in [7, 11) is 6.19. The van der Waals surface area contributed by atoms with E-state index >= 15 is 0 Å². The van der Waals surface area contributed by atoms with Crippen LogP contribution in [-0.4, -0.2) is 51.1 Å². The van der Waals surface area contributed by atoms with Crippen molar-refractivity contribution in [3.05, 3.63) is 17.7 Å². The van der Waals surface area contributed by atoms with Crippen molar-refractivity contribution < 1.29 is 19.1 Å². The van der Waals surface area contributed by atoms with E-state index in [1.54, 1.807) is 21.0 Å². The number of nitrogens with two attached hydrogens (primary N) is 1. The molecule has 1 aromatic carbocycles. The van der Waals surface area contributed by atoms with Gasteiger partial charge in [-0.1, -0.05) is 0 Å². The Bertz CT molecular complexity index is 543. The molecule has 0 heterocycles. The molecule has 7 nitrogen and oxygen atoms in total. The van der Waals surface area contributed by atoms with Crippen molar-refractivity contribution in [1.29, 1.82) is 0 Å². The highest BCUT2D eigenvalue weighted by Gasteiger charge is 2.21. The van der Waals surface area contributed by atoms with E-state index < -0.39 is 11.9 Å². The van der Waals surface area contributed by atoms with Crippen molar-refractivity contribution in [2.45, 2.75) is 13.0 Å². The molecule has 1 rings (SSSR count). The number of carbonyl (C=O) groups excluding carboxylic acids is 2. The molecule has 0 saturated carbocycles. The molecule has 1 aromatic rings. The number of carbonyl (C=O) groups is 2. The maximum atomic E-state index is 12.2. The number of ether oxygens (including phenoxy) is 2. The Hall–Kier alpha value is -2.44. The molecule has 0 bridgehead atoms. The molecule has 116 valence electrons. The third-order valence-electron chi connectivity index (χ3n) is 2.96. The molecular weight excluding hydrogens is 274 g/mol. The molecule has 2 amide bonds. The van der Waals surface area contributed by atoms with Crippen molar-refractivity contribution >= 4 is 17.5 Å². The van der Waals surface area contributed by atoms with Gasteiger partial charge in [0.05, 0.1) is 19.8 Å². The molecule has 0 aliphatic rings. The summed E-state index contributed by atoms with van der Waals surface area (Å²) in [6.45, 7) is 1.61. The highest BCUT2D eigenvalue weighted by molar-refractivity contribution is 6.02. The fraction of sp³-hybridized carbons (Fsp3) is 0.429. The van der Waals surface area contributed by atoms with E-state index in [0.717, 1.165) is 0 Å². The van der Waals surface area contributed by atoms with Crippen molar-refractivity contribution in [3.63, 3.8) is 0 Å². The predicted octanol–water partition coefficient (Wildman–Crippen LogP) is 0.493. The van der Waals surface area contributed by atoms with Crippen molar-refractivity contribution in [2.75, 3.05) is 34.0 Å². The minimum atomic E-state index is -0.653. The van der Waals surface area contributed by atoms with Gasteiger partial charge in [-0.2, -0.15) is 0 Å². The molecule has 0 spiro atoms. The Morgan fingerprint density at radius 1 is 1.19 bits per heavy atom. The largest absolute Gasteiger partial charge is 0.493 e. The Labute approximate surface area is 124 Å². The third-order valence-corrected chi connectivity index (χ3v) is 2.96. The van der Waals surface area contributed by atoms with E-state index in [-0.39, 0.29) is 17.2 Å². The number of hydrogen-bond donors (Lipinski definition) is 2. The summed E-state index contributed by atoms with van der Waals surface area (Å²) >= 11 is 0. The fourth-order valence-corrected chi connectivity index (χ4v) is 1.81. The lowest BCUT2D eigenvalue weighted by Gasteiger charge is -2.19. The number of nitrogen functional groups attached to an aromatic ring is 1. The zero-order valence-electron chi connectivity index (χ0n) is 12.9. The molecule has 0 aliphatic heterocycles. The van der Waals surface area contributed by atoms with E-state index in [0.29, 0.717) is 11.5 Å². The maximum absolute atomic E-state index is 12.2. The van der Waals surface area contributed by atoms with Crippen molar-refractivity contribution in [3.8, 4) is 11.5 Å². The summed E-state index contributed by atoms with van der Waals surface area (Å²) in [5.41, 5.74) is 6.31. The highest BCUT2D eigenvalue weighted by atomic mass is 16.5. The number of hydrogen-bond acceptors (Lipinski definition) is 5. The summed E-state index contributed by atoms with van der Waals surface area (Å²) in [6.07, 6.45) is 0. The average molecular weight is 295 g/mol. The van der Waals surface area contributed by atoms with E-state index in [2.05, 4.69) is 5.32 Å². The zero-order chi connectivity index (χ0) is 16.2. The predicted molar refractivity (Wildman–Crippen MR) is 79.6 cm³/mol. The molecule has 7 heteroatoms. The zero-order valence-corrected chi connectivity index (χ0v) is 12.9. The number of nitrogens with zero attached hydrogens (tertiary/aromatic N) is 1. The molecular formula is C14H21N3O4. The van der Waals surface area contributed by atoms with Crippen LogP contribution < -0.4 is 20.5 Å². The molecule has 1 atom stereocenters. The monoisotopic (exact) mass is 295 g/mol. The number of amides is 2. The van der Waals surface area contributed by atoms with Gasteiger partial charge in [-0.3, -0.25) is 9.59 Å². The van der Waals surface area contributed by atoms with Crippen LogP contribution in [0.5, 0.6) is 11.5 Å². The lowest BCUT2D eigenvalue weighted by molar-refractivity contribution is -0.130. The second-order valence-corrected chi connectivity index (χ2v) is 4.72. The van der Waals surface area contributed by atoms with E-state index in [4.69, 9.17) is 15.2 Å². The molecule has 3 N–H and O–H groups in total. The van der Waals surface area contributed by atoms with Gasteiger partial charge < -0.3 is 25.4 Å². The van der Waals surface area contributed by atoms with Crippen LogP contribution in [0.3, 0.4) is 0 Å². The molecule has 1 unspecified atom stereocenters. The van der Waals surface area contributed by atoms with Crippen LogP contribution >= 0.6 is 0 Å². The first-order chi connectivity index (χ1) is 9.81. The molecule has 0 saturated heterocycles. The summed E-state index contributed by atoms with van der Waals surface area (Å²) in [5.74, 6) is 0.172. The molecule has 21 heavy (non-hydrogen) atoms. The topological polar surface area (TPSA) is 93.9 Å². The standard InChI is InChI=1S/C14H21N3O4/c1-8(14(19)17(2)3)16-13(18)9-6-11(20-4)12(21-5)7-10(9)15/h6-8H,15H2,1-5H3,(H,16,18). The number of benzene rings is 1. The SMILES string of the molecule is COc1cc(N)c(C(=O)NC(C)C(=O)N(C)C)cc1OC. The van der Waals surface area contributed by atoms with Gasteiger partial charge in [0.25, 0.3) is 5.91 Å². The number of anilines is 1. The van der Waals surface area contributed by atoms with Gasteiger partial charge in [0.15, 0.2) is 11.5 Å². The number of methoxy groups -OCH3 is 2. The molecule has 0 radical (unpaired) electrons. The minimum Gasteiger partial charge on any atom is -0.493 e. The second-order valence-electron chi connectivity index (χ2n) is 4.72. The van der Waals surface area contributed by atoms with E-state index in [1.807, 2.05) is 0 Å². The average Bonchev–Trinajstić information content (AvgIpc) is 2.45. The Balaban J connectivity index is 3.00. The summed E-state index contributed by atoms with van der Waals surface area (Å²) in [6, 6.07) is 2.34. The number of nitrogens with one attached hydrogen (secondary N) is 1. The van der Waals surface area contributed by atoms with Crippen LogP contribution in [0.15, 0.2) is 12.1 Å². The third kappa shape index (κ3) is 3.77. The first kappa shape index (κ1) is 16.6. The molecule has 0 aliphatic carbocycles. The van der Waals surface area contributed by atoms with Crippen LogP contribution in [0.2, 0.25) is 0 Å². The molecule has 0 aromatic heterocycles. The van der Waals surface area contributed by atoms with E-state index in [1.165, 1.54) is 31.3 Å². The summed E-state index contributed by atoms with van der Waals surface area (Å²) < 4.78 is 10.2. The molecule has 0 fully saturated rings. The van der Waals surface area contributed by atoms with Gasteiger partial charge >= 0.3 is 0 Å². The summed E-state index contributed by atoms with van der Waals surface area (Å²) in [5, 5.41) is 2.60. The lowest BCUT2D eigenvalue weighted by atomic mass is 10.1. The van der Waals surface area contributed by atoms with Gasteiger partial charge in [-0.05, 0) is 13.0 Å². The van der Waals surface area contributed by atoms with Crippen LogP contribution in [0.25, 0.3) is 0 Å². The van der Waals surface area contributed by atoms with Crippen LogP contribution in [-0.2, 0) is 4.79 Å². The van der Waals surface area contributed by atoms with E-state index in [9.17, 15) is 9.59 Å². The smallest absolute Gasteiger partial charge is 0.254 e.